The van der Waals surface area contributed by atoms with E-state index in [0.717, 1.165) is 0 Å². The summed E-state index contributed by atoms with van der Waals surface area (Å²) in [6.45, 7) is 14.4. The maximum atomic E-state index is 3.95. The van der Waals surface area contributed by atoms with Crippen LogP contribution in [0, 0.1) is 13.8 Å². The van der Waals surface area contributed by atoms with E-state index in [0.29, 0.717) is 0 Å². The van der Waals surface area contributed by atoms with Gasteiger partial charge in [0, 0.05) is 0 Å². The molecule has 0 aliphatic rings. The fourth-order valence-corrected chi connectivity index (χ4v) is 2.48. The van der Waals surface area contributed by atoms with E-state index >= 15 is 0 Å². The van der Waals surface area contributed by atoms with Gasteiger partial charge in [-0.3, -0.25) is 0 Å². The van der Waals surface area contributed by atoms with Crippen molar-refractivity contribution in [3.8, 4) is 0 Å². The van der Waals surface area contributed by atoms with Crippen molar-refractivity contribution in [3.05, 3.63) is 59.2 Å². The number of aryl methyl sites for hydroxylation is 2. The van der Waals surface area contributed by atoms with Crippen LogP contribution in [0.3, 0.4) is 0 Å². The highest BCUT2D eigenvalue weighted by atomic mass is 14.1. The van der Waals surface area contributed by atoms with Gasteiger partial charge in [-0.1, -0.05) is 62.9 Å². The molecule has 0 spiro atoms. The summed E-state index contributed by atoms with van der Waals surface area (Å²) < 4.78 is 0. The zero-order chi connectivity index (χ0) is 14.4. The highest BCUT2D eigenvalue weighted by Crippen LogP contribution is 2.31. The van der Waals surface area contributed by atoms with Gasteiger partial charge in [0.2, 0.25) is 0 Å². The zero-order valence-corrected chi connectivity index (χ0v) is 12.7. The number of benzene rings is 2. The van der Waals surface area contributed by atoms with Crippen molar-refractivity contribution in [2.24, 2.45) is 0 Å². The Balaban J connectivity index is 0.000000861. The Kier molecular flexibility index (Phi) is 5.57. The van der Waals surface area contributed by atoms with Crippen LogP contribution < -0.4 is 0 Å². The third-order valence-electron chi connectivity index (χ3n) is 3.37. The molecule has 0 nitrogen and oxygen atoms in total. The first-order valence-corrected chi connectivity index (χ1v) is 6.97. The van der Waals surface area contributed by atoms with Crippen molar-refractivity contribution in [3.63, 3.8) is 0 Å². The average molecular weight is 252 g/mol. The second kappa shape index (κ2) is 6.94. The molecule has 0 amide bonds. The summed E-state index contributed by atoms with van der Waals surface area (Å²) in [4.78, 5) is 0. The van der Waals surface area contributed by atoms with E-state index in [-0.39, 0.29) is 0 Å². The van der Waals surface area contributed by atoms with Crippen LogP contribution in [0.25, 0.3) is 22.9 Å². The van der Waals surface area contributed by atoms with Crippen molar-refractivity contribution >= 4 is 22.9 Å². The normalized spacial score (nSPS) is 10.4. The van der Waals surface area contributed by atoms with Crippen molar-refractivity contribution in [1.82, 2.24) is 0 Å². The molecule has 0 heteroatoms. The Labute approximate surface area is 117 Å². The highest BCUT2D eigenvalue weighted by molar-refractivity contribution is 5.95. The minimum absolute atomic E-state index is 1.25. The number of rotatable bonds is 2. The Morgan fingerprint density at radius 2 is 1.37 bits per heavy atom. The quantitative estimate of drug-likeness (QED) is 0.600. The lowest BCUT2D eigenvalue weighted by atomic mass is 9.90. The fraction of sp³-hybridized carbons (Fsp3) is 0.263. The minimum atomic E-state index is 1.25. The summed E-state index contributed by atoms with van der Waals surface area (Å²) in [5, 5.41) is 2.66. The number of fused-ring (bicyclic) bond motifs is 1. The van der Waals surface area contributed by atoms with Gasteiger partial charge in [0.1, 0.15) is 0 Å². The number of allylic oxidation sites excluding steroid dienone is 1. The molecule has 0 aliphatic heterocycles. The molecule has 0 heterocycles. The summed E-state index contributed by atoms with van der Waals surface area (Å²) in [5.41, 5.74) is 5.19. The largest absolute Gasteiger partial charge is 0.0984 e. The second-order valence-electron chi connectivity index (χ2n) is 4.33. The van der Waals surface area contributed by atoms with Gasteiger partial charge in [0.05, 0.1) is 0 Å². The van der Waals surface area contributed by atoms with Gasteiger partial charge in [-0.15, -0.1) is 0 Å². The molecule has 0 atom stereocenters. The van der Waals surface area contributed by atoms with Crippen molar-refractivity contribution in [2.45, 2.75) is 34.6 Å². The van der Waals surface area contributed by atoms with Crippen LogP contribution in [0.4, 0.5) is 0 Å². The van der Waals surface area contributed by atoms with E-state index < -0.39 is 0 Å². The lowest BCUT2D eigenvalue weighted by Crippen LogP contribution is -1.93. The van der Waals surface area contributed by atoms with Crippen molar-refractivity contribution < 1.29 is 0 Å². The summed E-state index contributed by atoms with van der Waals surface area (Å²) in [5.74, 6) is 0. The Hall–Kier alpha value is -1.82. The third-order valence-corrected chi connectivity index (χ3v) is 3.37. The summed E-state index contributed by atoms with van der Waals surface area (Å²) in [6, 6.07) is 8.57. The highest BCUT2D eigenvalue weighted by Gasteiger charge is 2.09. The van der Waals surface area contributed by atoms with E-state index in [9.17, 15) is 0 Å². The molecular weight excluding hydrogens is 228 g/mol. The minimum Gasteiger partial charge on any atom is -0.0984 e. The molecule has 0 N–H and O–H groups in total. The van der Waals surface area contributed by atoms with Crippen LogP contribution in [0.1, 0.15) is 43.0 Å². The predicted molar refractivity (Wildman–Crippen MR) is 89.6 cm³/mol. The second-order valence-corrected chi connectivity index (χ2v) is 4.33. The maximum absolute atomic E-state index is 3.95. The Morgan fingerprint density at radius 3 is 1.79 bits per heavy atom. The molecule has 2 aromatic rings. The summed E-state index contributed by atoms with van der Waals surface area (Å²) in [7, 11) is 0. The summed E-state index contributed by atoms with van der Waals surface area (Å²) in [6.07, 6.45) is 6.22. The SMILES string of the molecule is C=Cc1c(/C=C\C)c(C)c2ccccc2c1C.CC. The van der Waals surface area contributed by atoms with Gasteiger partial charge in [-0.05, 0) is 53.8 Å². The fourth-order valence-electron chi connectivity index (χ4n) is 2.48. The van der Waals surface area contributed by atoms with Gasteiger partial charge in [0.25, 0.3) is 0 Å². The number of hydrogen-bond donors (Lipinski definition) is 0. The van der Waals surface area contributed by atoms with Crippen LogP contribution >= 0.6 is 0 Å². The van der Waals surface area contributed by atoms with Gasteiger partial charge in [0.15, 0.2) is 0 Å². The standard InChI is InChI=1S/C17H18.C2H6/c1-5-9-15-13(4)17-11-8-7-10-16(17)12(3)14(15)6-2;1-2/h5-11H,2H2,1,3-4H3;1-2H3/b9-5-;. The Bertz CT molecular complexity index is 601. The molecule has 0 saturated heterocycles. The molecular formula is C19H24. The zero-order valence-electron chi connectivity index (χ0n) is 12.7. The van der Waals surface area contributed by atoms with E-state index in [1.54, 1.807) is 0 Å². The molecule has 0 radical (unpaired) electrons. The van der Waals surface area contributed by atoms with E-state index in [2.05, 4.69) is 63.8 Å². The first kappa shape index (κ1) is 15.2. The molecule has 0 saturated carbocycles. The molecule has 0 unspecified atom stereocenters. The number of hydrogen-bond acceptors (Lipinski definition) is 0. The van der Waals surface area contributed by atoms with E-state index in [1.165, 1.54) is 33.0 Å². The van der Waals surface area contributed by atoms with Crippen LogP contribution in [0.2, 0.25) is 0 Å². The molecule has 0 bridgehead atoms. The third kappa shape index (κ3) is 2.78. The first-order chi connectivity index (χ1) is 9.20. The van der Waals surface area contributed by atoms with Gasteiger partial charge in [-0.25, -0.2) is 0 Å². The molecule has 0 aromatic heterocycles. The molecule has 2 aromatic carbocycles. The van der Waals surface area contributed by atoms with Gasteiger partial charge >= 0.3 is 0 Å². The lowest BCUT2D eigenvalue weighted by molar-refractivity contribution is 1.41. The van der Waals surface area contributed by atoms with Crippen molar-refractivity contribution in [2.75, 3.05) is 0 Å². The first-order valence-electron chi connectivity index (χ1n) is 6.97. The topological polar surface area (TPSA) is 0 Å². The maximum Gasteiger partial charge on any atom is -0.0146 e. The average Bonchev–Trinajstić information content (AvgIpc) is 2.47. The van der Waals surface area contributed by atoms with Crippen LogP contribution in [-0.4, -0.2) is 0 Å². The van der Waals surface area contributed by atoms with Crippen LogP contribution in [-0.2, 0) is 0 Å². The smallest absolute Gasteiger partial charge is 0.0146 e. The Morgan fingerprint density at radius 1 is 0.895 bits per heavy atom. The van der Waals surface area contributed by atoms with E-state index in [1.807, 2.05) is 19.9 Å². The van der Waals surface area contributed by atoms with Crippen LogP contribution in [0.15, 0.2) is 36.9 Å². The monoisotopic (exact) mass is 252 g/mol. The van der Waals surface area contributed by atoms with Gasteiger partial charge < -0.3 is 0 Å². The lowest BCUT2D eigenvalue weighted by Gasteiger charge is -2.14. The van der Waals surface area contributed by atoms with E-state index in [4.69, 9.17) is 0 Å². The molecule has 19 heavy (non-hydrogen) atoms. The molecule has 2 rings (SSSR count). The molecule has 100 valence electrons. The molecule has 0 fully saturated rings. The van der Waals surface area contributed by atoms with Crippen molar-refractivity contribution in [1.29, 1.82) is 0 Å². The van der Waals surface area contributed by atoms with Gasteiger partial charge in [-0.2, -0.15) is 0 Å². The summed E-state index contributed by atoms with van der Waals surface area (Å²) >= 11 is 0. The van der Waals surface area contributed by atoms with Crippen LogP contribution in [0.5, 0.6) is 0 Å². The molecule has 0 aliphatic carbocycles. The predicted octanol–water partition coefficient (Wildman–Crippen LogP) is 6.16.